The second kappa shape index (κ2) is 10.7. The molecule has 0 saturated carbocycles. The van der Waals surface area contributed by atoms with Gasteiger partial charge in [-0.1, -0.05) is 35.9 Å². The van der Waals surface area contributed by atoms with Gasteiger partial charge < -0.3 is 9.47 Å². The van der Waals surface area contributed by atoms with Crippen LogP contribution in [0.2, 0.25) is 5.02 Å². The number of carbonyl (C=O) groups is 3. The van der Waals surface area contributed by atoms with Gasteiger partial charge in [-0.15, -0.1) is 0 Å². The molecule has 0 unspecified atom stereocenters. The van der Waals surface area contributed by atoms with Crippen LogP contribution in [0.1, 0.15) is 29.2 Å². The zero-order valence-corrected chi connectivity index (χ0v) is 20.9. The smallest absolute Gasteiger partial charge is 0.335 e. The Hall–Kier alpha value is -4.10. The van der Waals surface area contributed by atoms with Crippen LogP contribution in [0.4, 0.5) is 10.5 Å². The lowest BCUT2D eigenvalue weighted by Crippen LogP contribution is -2.54. The number of nitrogens with zero attached hydrogens (tertiary/aromatic N) is 1. The molecule has 184 valence electrons. The number of benzene rings is 3. The molecule has 1 aliphatic rings. The SMILES string of the molecule is CCOc1cc(/C=C2\C(=O)NC(=O)N(c3cc(C)cc(C)c3)C2=O)ccc1OCc1ccc(Cl)cc1. The van der Waals surface area contributed by atoms with Crippen molar-refractivity contribution in [3.63, 3.8) is 0 Å². The van der Waals surface area contributed by atoms with Gasteiger partial charge in [0.25, 0.3) is 11.8 Å². The van der Waals surface area contributed by atoms with Gasteiger partial charge in [0.2, 0.25) is 0 Å². The topological polar surface area (TPSA) is 84.9 Å². The van der Waals surface area contributed by atoms with E-state index >= 15 is 0 Å². The summed E-state index contributed by atoms with van der Waals surface area (Å²) in [6, 6.07) is 17.0. The molecule has 0 radical (unpaired) electrons. The van der Waals surface area contributed by atoms with Crippen molar-refractivity contribution in [2.75, 3.05) is 11.5 Å². The number of urea groups is 1. The van der Waals surface area contributed by atoms with E-state index < -0.39 is 17.8 Å². The van der Waals surface area contributed by atoms with Crippen molar-refractivity contribution in [2.24, 2.45) is 0 Å². The minimum absolute atomic E-state index is 0.161. The minimum atomic E-state index is -0.784. The average molecular weight is 505 g/mol. The van der Waals surface area contributed by atoms with Crippen LogP contribution < -0.4 is 19.7 Å². The fourth-order valence-corrected chi connectivity index (χ4v) is 4.01. The van der Waals surface area contributed by atoms with Gasteiger partial charge in [0.15, 0.2) is 11.5 Å². The lowest BCUT2D eigenvalue weighted by Gasteiger charge is -2.27. The summed E-state index contributed by atoms with van der Waals surface area (Å²) in [6.45, 7) is 6.30. The maximum atomic E-state index is 13.2. The Kier molecular flexibility index (Phi) is 7.41. The van der Waals surface area contributed by atoms with Crippen molar-refractivity contribution in [1.82, 2.24) is 5.32 Å². The van der Waals surface area contributed by atoms with E-state index in [9.17, 15) is 14.4 Å². The molecule has 36 heavy (non-hydrogen) atoms. The maximum Gasteiger partial charge on any atom is 0.335 e. The van der Waals surface area contributed by atoms with E-state index in [2.05, 4.69) is 5.32 Å². The molecular weight excluding hydrogens is 480 g/mol. The van der Waals surface area contributed by atoms with Crippen LogP contribution in [0.25, 0.3) is 6.08 Å². The fourth-order valence-electron chi connectivity index (χ4n) is 3.88. The van der Waals surface area contributed by atoms with E-state index in [-0.39, 0.29) is 5.57 Å². The number of ether oxygens (including phenoxy) is 2. The maximum absolute atomic E-state index is 13.2. The molecule has 4 amide bonds. The number of barbiturate groups is 1. The standard InChI is InChI=1S/C28H25ClN2O5/c1-4-35-25-15-20(7-10-24(25)36-16-19-5-8-21(29)9-6-19)14-23-26(32)30-28(34)31(27(23)33)22-12-17(2)11-18(3)13-22/h5-15H,4,16H2,1-3H3,(H,30,32,34)/b23-14+. The molecule has 3 aromatic rings. The Bertz CT molecular complexity index is 1340. The predicted octanol–water partition coefficient (Wildman–Crippen LogP) is 5.60. The van der Waals surface area contributed by atoms with Gasteiger partial charge in [0.1, 0.15) is 12.2 Å². The molecular formula is C28H25ClN2O5. The number of imide groups is 2. The summed E-state index contributed by atoms with van der Waals surface area (Å²) >= 11 is 5.94. The van der Waals surface area contributed by atoms with E-state index in [1.165, 1.54) is 6.08 Å². The quantitative estimate of drug-likeness (QED) is 0.334. The van der Waals surface area contributed by atoms with Gasteiger partial charge in [-0.2, -0.15) is 0 Å². The number of hydrogen-bond acceptors (Lipinski definition) is 5. The van der Waals surface area contributed by atoms with Crippen molar-refractivity contribution < 1.29 is 23.9 Å². The molecule has 0 aromatic heterocycles. The number of rotatable bonds is 7. The van der Waals surface area contributed by atoms with Crippen molar-refractivity contribution in [1.29, 1.82) is 0 Å². The van der Waals surface area contributed by atoms with Crippen LogP contribution >= 0.6 is 11.6 Å². The van der Waals surface area contributed by atoms with E-state index in [1.54, 1.807) is 42.5 Å². The highest BCUT2D eigenvalue weighted by molar-refractivity contribution is 6.39. The van der Waals surface area contributed by atoms with Crippen molar-refractivity contribution >= 4 is 41.2 Å². The monoisotopic (exact) mass is 504 g/mol. The molecule has 1 N–H and O–H groups in total. The third-order valence-corrected chi connectivity index (χ3v) is 5.70. The van der Waals surface area contributed by atoms with Gasteiger partial charge in [-0.25, -0.2) is 9.69 Å². The molecule has 8 heteroatoms. The molecule has 1 heterocycles. The second-order valence-corrected chi connectivity index (χ2v) is 8.79. The van der Waals surface area contributed by atoms with Crippen LogP contribution in [0.15, 0.2) is 66.2 Å². The third kappa shape index (κ3) is 5.58. The highest BCUT2D eigenvalue weighted by atomic mass is 35.5. The van der Waals surface area contributed by atoms with Gasteiger partial charge in [0.05, 0.1) is 12.3 Å². The molecule has 1 aliphatic heterocycles. The first kappa shape index (κ1) is 25.0. The first-order valence-electron chi connectivity index (χ1n) is 11.4. The van der Waals surface area contributed by atoms with Crippen LogP contribution in [0.3, 0.4) is 0 Å². The highest BCUT2D eigenvalue weighted by Gasteiger charge is 2.37. The normalized spacial score (nSPS) is 14.7. The van der Waals surface area contributed by atoms with Crippen LogP contribution in [-0.4, -0.2) is 24.5 Å². The molecule has 0 bridgehead atoms. The summed E-state index contributed by atoms with van der Waals surface area (Å²) in [4.78, 5) is 39.3. The first-order valence-corrected chi connectivity index (χ1v) is 11.8. The lowest BCUT2D eigenvalue weighted by molar-refractivity contribution is -0.122. The fraction of sp³-hybridized carbons (Fsp3) is 0.179. The summed E-state index contributed by atoms with van der Waals surface area (Å²) in [6.07, 6.45) is 1.44. The Balaban J connectivity index is 1.62. The molecule has 1 fully saturated rings. The lowest BCUT2D eigenvalue weighted by atomic mass is 10.0. The number of anilines is 1. The third-order valence-electron chi connectivity index (χ3n) is 5.45. The Morgan fingerprint density at radius 2 is 1.58 bits per heavy atom. The van der Waals surface area contributed by atoms with Gasteiger partial charge in [-0.05, 0) is 85.5 Å². The summed E-state index contributed by atoms with van der Waals surface area (Å²) in [5, 5.41) is 2.90. The van der Waals surface area contributed by atoms with E-state index in [0.29, 0.717) is 41.0 Å². The van der Waals surface area contributed by atoms with Crippen molar-refractivity contribution in [2.45, 2.75) is 27.4 Å². The Morgan fingerprint density at radius 1 is 0.889 bits per heavy atom. The number of nitrogens with one attached hydrogen (secondary N) is 1. The summed E-state index contributed by atoms with van der Waals surface area (Å²) in [5.74, 6) is -0.478. The minimum Gasteiger partial charge on any atom is -0.490 e. The van der Waals surface area contributed by atoms with E-state index in [4.69, 9.17) is 21.1 Å². The average Bonchev–Trinajstić information content (AvgIpc) is 2.82. The van der Waals surface area contributed by atoms with Crippen molar-refractivity contribution in [3.05, 3.63) is 93.5 Å². The predicted molar refractivity (Wildman–Crippen MR) is 138 cm³/mol. The number of carbonyl (C=O) groups excluding carboxylic acids is 3. The Morgan fingerprint density at radius 3 is 2.25 bits per heavy atom. The molecule has 0 aliphatic carbocycles. The van der Waals surface area contributed by atoms with Crippen LogP contribution in [0.5, 0.6) is 11.5 Å². The molecule has 4 rings (SSSR count). The number of aryl methyl sites for hydroxylation is 2. The van der Waals surface area contributed by atoms with Gasteiger partial charge in [0, 0.05) is 5.02 Å². The van der Waals surface area contributed by atoms with Crippen LogP contribution in [-0.2, 0) is 16.2 Å². The first-order chi connectivity index (χ1) is 17.2. The molecule has 1 saturated heterocycles. The second-order valence-electron chi connectivity index (χ2n) is 8.36. The zero-order valence-electron chi connectivity index (χ0n) is 20.1. The summed E-state index contributed by atoms with van der Waals surface area (Å²) in [5.41, 5.74) is 3.51. The largest absolute Gasteiger partial charge is 0.490 e. The van der Waals surface area contributed by atoms with Crippen molar-refractivity contribution in [3.8, 4) is 11.5 Å². The Labute approximate surface area is 214 Å². The number of amides is 4. The van der Waals surface area contributed by atoms with E-state index in [0.717, 1.165) is 21.6 Å². The van der Waals surface area contributed by atoms with Gasteiger partial charge >= 0.3 is 6.03 Å². The number of halogens is 1. The van der Waals surface area contributed by atoms with Crippen LogP contribution in [0, 0.1) is 13.8 Å². The summed E-state index contributed by atoms with van der Waals surface area (Å²) in [7, 11) is 0. The molecule has 0 spiro atoms. The van der Waals surface area contributed by atoms with E-state index in [1.807, 2.05) is 39.0 Å². The van der Waals surface area contributed by atoms with Gasteiger partial charge in [-0.3, -0.25) is 14.9 Å². The zero-order chi connectivity index (χ0) is 25.8. The number of hydrogen-bond donors (Lipinski definition) is 1. The molecule has 3 aromatic carbocycles. The molecule has 7 nitrogen and oxygen atoms in total. The molecule has 0 atom stereocenters. The highest BCUT2D eigenvalue weighted by Crippen LogP contribution is 2.31. The summed E-state index contributed by atoms with van der Waals surface area (Å²) < 4.78 is 11.7.